The second kappa shape index (κ2) is 7.64. The van der Waals surface area contributed by atoms with Crippen LogP contribution in [0.4, 0.5) is 0 Å². The van der Waals surface area contributed by atoms with E-state index in [0.29, 0.717) is 12.1 Å². The zero-order chi connectivity index (χ0) is 18.9. The third-order valence-corrected chi connectivity index (χ3v) is 6.32. The fraction of sp³-hybridized carbons (Fsp3) is 0.478. The molecule has 0 aromatic heterocycles. The molecule has 3 aliphatic heterocycles. The lowest BCUT2D eigenvalue weighted by Gasteiger charge is -2.44. The van der Waals surface area contributed by atoms with Crippen LogP contribution in [0.15, 0.2) is 42.5 Å². The van der Waals surface area contributed by atoms with Crippen molar-refractivity contribution in [2.24, 2.45) is 0 Å². The lowest BCUT2D eigenvalue weighted by molar-refractivity contribution is 0.0455. The summed E-state index contributed by atoms with van der Waals surface area (Å²) in [5.41, 5.74) is 2.64. The molecule has 2 aromatic rings. The molecule has 2 aromatic carbocycles. The van der Waals surface area contributed by atoms with Crippen molar-refractivity contribution in [1.29, 1.82) is 0 Å². The van der Waals surface area contributed by atoms with Crippen LogP contribution in [-0.4, -0.2) is 55.4 Å². The average Bonchev–Trinajstić information content (AvgIpc) is 3.37. The fourth-order valence-corrected chi connectivity index (χ4v) is 4.93. The third kappa shape index (κ3) is 3.45. The number of rotatable bonds is 5. The maximum absolute atomic E-state index is 5.63. The van der Waals surface area contributed by atoms with Crippen LogP contribution in [0, 0.1) is 0 Å². The maximum Gasteiger partial charge on any atom is 0.231 e. The molecule has 0 saturated carbocycles. The Bertz CT molecular complexity index is 826. The number of nitrogens with zero attached hydrogens (tertiary/aromatic N) is 2. The van der Waals surface area contributed by atoms with Gasteiger partial charge in [-0.15, -0.1) is 0 Å². The summed E-state index contributed by atoms with van der Waals surface area (Å²) in [4.78, 5) is 5.36. The summed E-state index contributed by atoms with van der Waals surface area (Å²) in [6.07, 6.45) is 3.74. The van der Waals surface area contributed by atoms with Crippen molar-refractivity contribution in [2.75, 3.05) is 33.5 Å². The second-order valence-electron chi connectivity index (χ2n) is 8.10. The summed E-state index contributed by atoms with van der Waals surface area (Å²) in [5.74, 6) is 2.30. The van der Waals surface area contributed by atoms with Crippen LogP contribution in [-0.2, 0) is 13.0 Å². The lowest BCUT2D eigenvalue weighted by Crippen LogP contribution is -2.56. The summed E-state index contributed by atoms with van der Waals surface area (Å²) < 4.78 is 16.7. The molecule has 0 amide bonds. The molecule has 148 valence electrons. The minimum absolute atomic E-state index is 0.270. The van der Waals surface area contributed by atoms with Gasteiger partial charge in [-0.3, -0.25) is 9.80 Å². The molecule has 0 N–H and O–H groups in total. The monoisotopic (exact) mass is 380 g/mol. The average molecular weight is 380 g/mol. The van der Waals surface area contributed by atoms with Gasteiger partial charge in [0.1, 0.15) is 0 Å². The van der Waals surface area contributed by atoms with E-state index in [1.165, 1.54) is 30.5 Å². The highest BCUT2D eigenvalue weighted by Gasteiger charge is 2.36. The van der Waals surface area contributed by atoms with E-state index in [-0.39, 0.29) is 6.79 Å². The number of piperazine rings is 1. The SMILES string of the molecule is COc1cc(CN2C[C@@H]3CCCN3C[C@@H]2Cc2ccccc2)cc2c1OCO2. The largest absolute Gasteiger partial charge is 0.493 e. The Morgan fingerprint density at radius 1 is 1.07 bits per heavy atom. The Kier molecular flexibility index (Phi) is 4.87. The van der Waals surface area contributed by atoms with Crippen molar-refractivity contribution in [1.82, 2.24) is 9.80 Å². The number of fused-ring (bicyclic) bond motifs is 2. The first-order valence-corrected chi connectivity index (χ1v) is 10.3. The van der Waals surface area contributed by atoms with Crippen molar-refractivity contribution >= 4 is 0 Å². The first-order valence-electron chi connectivity index (χ1n) is 10.3. The van der Waals surface area contributed by atoms with E-state index in [2.05, 4.69) is 52.3 Å². The van der Waals surface area contributed by atoms with Crippen LogP contribution in [0.2, 0.25) is 0 Å². The predicted octanol–water partition coefficient (Wildman–Crippen LogP) is 3.32. The van der Waals surface area contributed by atoms with Crippen molar-refractivity contribution < 1.29 is 14.2 Å². The van der Waals surface area contributed by atoms with Gasteiger partial charge in [-0.05, 0) is 49.1 Å². The maximum atomic E-state index is 5.63. The molecule has 0 aliphatic carbocycles. The van der Waals surface area contributed by atoms with E-state index in [9.17, 15) is 0 Å². The van der Waals surface area contributed by atoms with Crippen molar-refractivity contribution in [3.8, 4) is 17.2 Å². The zero-order valence-corrected chi connectivity index (χ0v) is 16.5. The highest BCUT2D eigenvalue weighted by Crippen LogP contribution is 2.42. The van der Waals surface area contributed by atoms with Gasteiger partial charge in [0, 0.05) is 31.7 Å². The molecule has 0 unspecified atom stereocenters. The van der Waals surface area contributed by atoms with Gasteiger partial charge < -0.3 is 14.2 Å². The van der Waals surface area contributed by atoms with E-state index in [4.69, 9.17) is 14.2 Å². The van der Waals surface area contributed by atoms with Crippen LogP contribution in [0.3, 0.4) is 0 Å². The van der Waals surface area contributed by atoms with E-state index >= 15 is 0 Å². The van der Waals surface area contributed by atoms with Crippen molar-refractivity contribution in [3.63, 3.8) is 0 Å². The Balaban J connectivity index is 1.39. The number of hydrogen-bond donors (Lipinski definition) is 0. The molecule has 0 spiro atoms. The van der Waals surface area contributed by atoms with Crippen LogP contribution >= 0.6 is 0 Å². The molecule has 3 heterocycles. The summed E-state index contributed by atoms with van der Waals surface area (Å²) in [6.45, 7) is 4.72. The summed E-state index contributed by atoms with van der Waals surface area (Å²) in [5, 5.41) is 0. The molecule has 2 fully saturated rings. The number of ether oxygens (including phenoxy) is 3. The van der Waals surface area contributed by atoms with Crippen LogP contribution in [0.1, 0.15) is 24.0 Å². The van der Waals surface area contributed by atoms with E-state index in [0.717, 1.165) is 43.3 Å². The van der Waals surface area contributed by atoms with Crippen molar-refractivity contribution in [2.45, 2.75) is 37.9 Å². The molecule has 0 bridgehead atoms. The molecule has 2 atom stereocenters. The van der Waals surface area contributed by atoms with E-state index < -0.39 is 0 Å². The standard InChI is InChI=1S/C23H28N2O3/c1-26-21-11-18(12-22-23(21)28-16-27-22)13-25-14-19-8-5-9-24(19)15-20(25)10-17-6-3-2-4-7-17/h2-4,6-7,11-12,19-20H,5,8-10,13-16H2,1H3/t19-,20-/m0/s1. The van der Waals surface area contributed by atoms with Gasteiger partial charge in [-0.25, -0.2) is 0 Å². The van der Waals surface area contributed by atoms with Gasteiger partial charge in [0.2, 0.25) is 12.5 Å². The zero-order valence-electron chi connectivity index (χ0n) is 16.5. The minimum atomic E-state index is 0.270. The molecule has 3 aliphatic rings. The van der Waals surface area contributed by atoms with Crippen molar-refractivity contribution in [3.05, 3.63) is 53.6 Å². The molecular weight excluding hydrogens is 352 g/mol. The quantitative estimate of drug-likeness (QED) is 0.795. The minimum Gasteiger partial charge on any atom is -0.493 e. The Morgan fingerprint density at radius 3 is 2.82 bits per heavy atom. The Labute approximate surface area is 166 Å². The topological polar surface area (TPSA) is 34.2 Å². The number of benzene rings is 2. The first kappa shape index (κ1) is 17.8. The summed E-state index contributed by atoms with van der Waals surface area (Å²) >= 11 is 0. The molecule has 5 nitrogen and oxygen atoms in total. The van der Waals surface area contributed by atoms with E-state index in [1.807, 2.05) is 0 Å². The summed E-state index contributed by atoms with van der Waals surface area (Å²) in [6, 6.07) is 16.3. The number of hydrogen-bond acceptors (Lipinski definition) is 5. The second-order valence-corrected chi connectivity index (χ2v) is 8.10. The van der Waals surface area contributed by atoms with Gasteiger partial charge in [0.05, 0.1) is 7.11 Å². The summed E-state index contributed by atoms with van der Waals surface area (Å²) in [7, 11) is 1.69. The van der Waals surface area contributed by atoms with Gasteiger partial charge in [-0.2, -0.15) is 0 Å². The van der Waals surface area contributed by atoms with E-state index in [1.54, 1.807) is 7.11 Å². The smallest absolute Gasteiger partial charge is 0.231 e. The molecule has 2 saturated heterocycles. The lowest BCUT2D eigenvalue weighted by atomic mass is 9.99. The Hall–Kier alpha value is -2.24. The Morgan fingerprint density at radius 2 is 1.96 bits per heavy atom. The van der Waals surface area contributed by atoms with Crippen LogP contribution in [0.5, 0.6) is 17.2 Å². The molecule has 5 heteroatoms. The van der Waals surface area contributed by atoms with Gasteiger partial charge in [0.15, 0.2) is 11.5 Å². The van der Waals surface area contributed by atoms with Crippen LogP contribution in [0.25, 0.3) is 0 Å². The van der Waals surface area contributed by atoms with Gasteiger partial charge in [-0.1, -0.05) is 30.3 Å². The molecular formula is C23H28N2O3. The fourth-order valence-electron chi connectivity index (χ4n) is 4.93. The van der Waals surface area contributed by atoms with Gasteiger partial charge in [0.25, 0.3) is 0 Å². The first-order chi connectivity index (χ1) is 13.8. The molecule has 28 heavy (non-hydrogen) atoms. The predicted molar refractivity (Wildman–Crippen MR) is 108 cm³/mol. The molecule has 0 radical (unpaired) electrons. The normalized spacial score (nSPS) is 24.3. The highest BCUT2D eigenvalue weighted by atomic mass is 16.7. The third-order valence-electron chi connectivity index (χ3n) is 6.32. The van der Waals surface area contributed by atoms with Crippen LogP contribution < -0.4 is 14.2 Å². The highest BCUT2D eigenvalue weighted by molar-refractivity contribution is 5.55. The molecule has 5 rings (SSSR count). The number of methoxy groups -OCH3 is 1. The van der Waals surface area contributed by atoms with Gasteiger partial charge >= 0.3 is 0 Å².